The summed E-state index contributed by atoms with van der Waals surface area (Å²) in [4.78, 5) is 23.0. The Bertz CT molecular complexity index is 1320. The van der Waals surface area contributed by atoms with Gasteiger partial charge in [-0.15, -0.1) is 0 Å². The van der Waals surface area contributed by atoms with Gasteiger partial charge in [0.2, 0.25) is 0 Å². The average molecular weight is 441 g/mol. The lowest BCUT2D eigenvalue weighted by Gasteiger charge is -2.35. The van der Waals surface area contributed by atoms with Crippen molar-refractivity contribution in [1.82, 2.24) is 29.6 Å². The van der Waals surface area contributed by atoms with Crippen LogP contribution in [-0.4, -0.2) is 30.2 Å². The number of carbonyl (C=O) groups is 1. The predicted octanol–water partition coefficient (Wildman–Crippen LogP) is 4.74. The van der Waals surface area contributed by atoms with Crippen LogP contribution in [0.25, 0.3) is 11.0 Å². The molecule has 3 heterocycles. The van der Waals surface area contributed by atoms with Gasteiger partial charge in [-0.05, 0) is 56.7 Å². The molecule has 2 aliphatic rings. The van der Waals surface area contributed by atoms with Crippen molar-refractivity contribution < 1.29 is 4.79 Å². The molecule has 168 valence electrons. The number of aromatic nitrogens is 5. The van der Waals surface area contributed by atoms with E-state index in [1.54, 1.807) is 12.4 Å². The van der Waals surface area contributed by atoms with E-state index in [1.165, 1.54) is 11.1 Å². The smallest absolute Gasteiger partial charge is 0.252 e. The van der Waals surface area contributed by atoms with Gasteiger partial charge < -0.3 is 9.88 Å². The Labute approximate surface area is 192 Å². The third-order valence-corrected chi connectivity index (χ3v) is 6.99. The summed E-state index contributed by atoms with van der Waals surface area (Å²) in [6.07, 6.45) is 11.6. The minimum atomic E-state index is -0.135. The molecule has 0 aliphatic heterocycles. The second-order valence-electron chi connectivity index (χ2n) is 9.55. The van der Waals surface area contributed by atoms with Crippen molar-refractivity contribution in [2.45, 2.75) is 63.6 Å². The topological polar surface area (TPSA) is 77.6 Å². The van der Waals surface area contributed by atoms with E-state index in [-0.39, 0.29) is 24.0 Å². The van der Waals surface area contributed by atoms with Crippen molar-refractivity contribution in [3.63, 3.8) is 0 Å². The average Bonchev–Trinajstić information content (AvgIpc) is 3.35. The van der Waals surface area contributed by atoms with Crippen LogP contribution in [0.2, 0.25) is 0 Å². The lowest BCUT2D eigenvalue weighted by Crippen LogP contribution is -2.37. The number of nitrogens with one attached hydrogen (secondary N) is 1. The molecular weight excluding hydrogens is 412 g/mol. The molecule has 2 aliphatic carbocycles. The Morgan fingerprint density at radius 3 is 2.79 bits per heavy atom. The Kier molecular flexibility index (Phi) is 4.78. The number of benzene rings is 1. The lowest BCUT2D eigenvalue weighted by atomic mass is 9.83. The minimum Gasteiger partial charge on any atom is -0.343 e. The molecule has 6 rings (SSSR count). The molecule has 7 nitrogen and oxygen atoms in total. The first-order chi connectivity index (χ1) is 16.1. The number of nitrogens with zero attached hydrogens (tertiary/aromatic N) is 5. The standard InChI is InChI=1S/C26H28N6O/c1-16(2)32-25-21(14-28-32)20(13-22(29-25)18-7-8-18)26(33)30-24-19-6-4-3-5-17(19)9-10-23(24)31-12-11-27-15-31/h3-6,11-16,18,23-24H,7-10H2,1-2H3,(H,30,33)/t23-,24+/m0/s1. The summed E-state index contributed by atoms with van der Waals surface area (Å²) < 4.78 is 4.04. The highest BCUT2D eigenvalue weighted by atomic mass is 16.1. The van der Waals surface area contributed by atoms with E-state index >= 15 is 0 Å². The van der Waals surface area contributed by atoms with Crippen molar-refractivity contribution in [3.8, 4) is 0 Å². The number of amides is 1. The summed E-state index contributed by atoms with van der Waals surface area (Å²) in [5.41, 5.74) is 4.95. The monoisotopic (exact) mass is 440 g/mol. The van der Waals surface area contributed by atoms with Crippen LogP contribution >= 0.6 is 0 Å². The van der Waals surface area contributed by atoms with Crippen LogP contribution < -0.4 is 5.32 Å². The maximum absolute atomic E-state index is 13.8. The molecular formula is C26H28N6O. The third-order valence-electron chi connectivity index (χ3n) is 6.99. The van der Waals surface area contributed by atoms with Crippen molar-refractivity contribution in [2.24, 2.45) is 0 Å². The van der Waals surface area contributed by atoms with Gasteiger partial charge in [0.1, 0.15) is 0 Å². The molecule has 33 heavy (non-hydrogen) atoms. The summed E-state index contributed by atoms with van der Waals surface area (Å²) in [7, 11) is 0. The lowest BCUT2D eigenvalue weighted by molar-refractivity contribution is 0.0919. The molecule has 2 atom stereocenters. The van der Waals surface area contributed by atoms with Gasteiger partial charge in [0.05, 0.1) is 35.6 Å². The highest BCUT2D eigenvalue weighted by molar-refractivity contribution is 6.05. The van der Waals surface area contributed by atoms with Gasteiger partial charge in [0, 0.05) is 30.0 Å². The molecule has 0 bridgehead atoms. The quantitative estimate of drug-likeness (QED) is 0.486. The normalized spacial score (nSPS) is 20.2. The van der Waals surface area contributed by atoms with E-state index < -0.39 is 0 Å². The van der Waals surface area contributed by atoms with Gasteiger partial charge in [-0.3, -0.25) is 4.79 Å². The molecule has 0 saturated heterocycles. The maximum Gasteiger partial charge on any atom is 0.252 e. The van der Waals surface area contributed by atoms with Gasteiger partial charge in [-0.2, -0.15) is 5.10 Å². The number of rotatable bonds is 5. The Balaban J connectivity index is 1.42. The molecule has 0 radical (unpaired) electrons. The van der Waals surface area contributed by atoms with Gasteiger partial charge in [0.15, 0.2) is 5.65 Å². The number of imidazole rings is 1. The molecule has 1 amide bonds. The Morgan fingerprint density at radius 1 is 1.18 bits per heavy atom. The van der Waals surface area contributed by atoms with Crippen molar-refractivity contribution >= 4 is 16.9 Å². The number of pyridine rings is 1. The number of fused-ring (bicyclic) bond motifs is 2. The second-order valence-corrected chi connectivity index (χ2v) is 9.55. The minimum absolute atomic E-state index is 0.0700. The fraction of sp³-hybridized carbons (Fsp3) is 0.385. The van der Waals surface area contributed by atoms with Crippen LogP contribution in [0.15, 0.2) is 55.2 Å². The Hall–Kier alpha value is -3.48. The predicted molar refractivity (Wildman–Crippen MR) is 126 cm³/mol. The molecule has 0 spiro atoms. The molecule has 7 heteroatoms. The number of hydrogen-bond acceptors (Lipinski definition) is 4. The summed E-state index contributed by atoms with van der Waals surface area (Å²) in [5.74, 6) is 0.380. The van der Waals surface area contributed by atoms with Crippen LogP contribution in [0, 0.1) is 0 Å². The van der Waals surface area contributed by atoms with Crippen molar-refractivity contribution in [1.29, 1.82) is 0 Å². The van der Waals surface area contributed by atoms with Gasteiger partial charge in [-0.25, -0.2) is 14.6 Å². The van der Waals surface area contributed by atoms with E-state index in [9.17, 15) is 4.79 Å². The molecule has 0 unspecified atom stereocenters. The molecule has 1 N–H and O–H groups in total. The van der Waals surface area contributed by atoms with Gasteiger partial charge >= 0.3 is 0 Å². The first-order valence-corrected chi connectivity index (χ1v) is 11.8. The zero-order chi connectivity index (χ0) is 22.5. The van der Waals surface area contributed by atoms with Crippen molar-refractivity contribution in [3.05, 3.63) is 77.6 Å². The van der Waals surface area contributed by atoms with Crippen LogP contribution in [0.3, 0.4) is 0 Å². The SMILES string of the molecule is CC(C)n1ncc2c(C(=O)N[C@@H]3c4ccccc4CC[C@@H]3n3ccnc3)cc(C3CC3)nc21. The summed E-state index contributed by atoms with van der Waals surface area (Å²) >= 11 is 0. The first-order valence-electron chi connectivity index (χ1n) is 11.8. The van der Waals surface area contributed by atoms with Crippen LogP contribution in [0.5, 0.6) is 0 Å². The van der Waals surface area contributed by atoms with Gasteiger partial charge in [0.25, 0.3) is 5.91 Å². The molecule has 1 saturated carbocycles. The summed E-state index contributed by atoms with van der Waals surface area (Å²) in [6.45, 7) is 4.18. The zero-order valence-electron chi connectivity index (χ0n) is 19.0. The van der Waals surface area contributed by atoms with E-state index in [0.717, 1.165) is 42.4 Å². The van der Waals surface area contributed by atoms with Gasteiger partial charge in [-0.1, -0.05) is 24.3 Å². The summed E-state index contributed by atoms with van der Waals surface area (Å²) in [5, 5.41) is 8.77. The van der Waals surface area contributed by atoms with E-state index in [4.69, 9.17) is 4.98 Å². The molecule has 4 aromatic rings. The highest BCUT2D eigenvalue weighted by Crippen LogP contribution is 2.41. The number of carbonyl (C=O) groups excluding carboxylic acids is 1. The fourth-order valence-electron chi connectivity index (χ4n) is 5.11. The van der Waals surface area contributed by atoms with Crippen molar-refractivity contribution in [2.75, 3.05) is 0 Å². The fourth-order valence-corrected chi connectivity index (χ4v) is 5.11. The largest absolute Gasteiger partial charge is 0.343 e. The molecule has 1 fully saturated rings. The molecule has 1 aromatic carbocycles. The summed E-state index contributed by atoms with van der Waals surface area (Å²) in [6, 6.07) is 10.6. The second kappa shape index (κ2) is 7.83. The maximum atomic E-state index is 13.8. The van der Waals surface area contributed by atoms with E-state index in [0.29, 0.717) is 11.5 Å². The highest BCUT2D eigenvalue weighted by Gasteiger charge is 2.33. The zero-order valence-corrected chi connectivity index (χ0v) is 19.0. The molecule has 3 aromatic heterocycles. The van der Waals surface area contributed by atoms with Crippen LogP contribution in [-0.2, 0) is 6.42 Å². The first kappa shape index (κ1) is 20.1. The van der Waals surface area contributed by atoms with Crippen LogP contribution in [0.4, 0.5) is 0 Å². The van der Waals surface area contributed by atoms with Crippen LogP contribution in [0.1, 0.15) is 84.3 Å². The Morgan fingerprint density at radius 2 is 2.03 bits per heavy atom. The van der Waals surface area contributed by atoms with E-state index in [1.807, 2.05) is 23.3 Å². The van der Waals surface area contributed by atoms with E-state index in [2.05, 4.69) is 58.1 Å². The third kappa shape index (κ3) is 3.52. The number of hydrogen-bond donors (Lipinski definition) is 1. The number of aryl methyl sites for hydroxylation is 1.